The van der Waals surface area contributed by atoms with E-state index in [1.165, 1.54) is 17.0 Å². The Labute approximate surface area is 103 Å². The maximum atomic E-state index is 10.6. The average Bonchev–Trinajstić information content (AvgIpc) is 2.53. The second-order valence-electron chi connectivity index (χ2n) is 3.83. The lowest BCUT2D eigenvalue weighted by atomic mass is 10.0. The molecule has 0 aliphatic rings. The summed E-state index contributed by atoms with van der Waals surface area (Å²) in [6.45, 7) is 4.03. The van der Waals surface area contributed by atoms with Gasteiger partial charge in [0.25, 0.3) is 5.69 Å². The predicted molar refractivity (Wildman–Crippen MR) is 70.3 cm³/mol. The molecule has 0 saturated carbocycles. The fraction of sp³-hybridized carbons (Fsp3) is 0.167. The smallest absolute Gasteiger partial charge is 0.269 e. The Morgan fingerprint density at radius 3 is 2.24 bits per heavy atom. The number of hydrogen-bond donors (Lipinski definition) is 1. The summed E-state index contributed by atoms with van der Waals surface area (Å²) >= 11 is 1.55. The van der Waals surface area contributed by atoms with Crippen LogP contribution in [0.15, 0.2) is 24.3 Å². The highest BCUT2D eigenvalue weighted by molar-refractivity contribution is 7.16. The molecule has 1 aromatic carbocycles. The number of nitrogen functional groups attached to an aromatic ring is 1. The predicted octanol–water partition coefficient (Wildman–Crippen LogP) is 3.52. The largest absolute Gasteiger partial charge is 0.390 e. The number of aryl methyl sites for hydroxylation is 1. The maximum absolute atomic E-state index is 10.6. The van der Waals surface area contributed by atoms with Crippen LogP contribution in [0.3, 0.4) is 0 Å². The number of thiophene rings is 1. The Morgan fingerprint density at radius 1 is 1.24 bits per heavy atom. The Bertz CT molecular complexity index is 573. The van der Waals surface area contributed by atoms with Crippen LogP contribution in [0, 0.1) is 24.0 Å². The third-order valence-electron chi connectivity index (χ3n) is 2.78. The van der Waals surface area contributed by atoms with E-state index in [0.29, 0.717) is 0 Å². The van der Waals surface area contributed by atoms with Crippen molar-refractivity contribution in [3.63, 3.8) is 0 Å². The van der Waals surface area contributed by atoms with Crippen molar-refractivity contribution >= 4 is 22.0 Å². The summed E-state index contributed by atoms with van der Waals surface area (Å²) in [6, 6.07) is 6.48. The Morgan fingerprint density at radius 2 is 1.82 bits per heavy atom. The van der Waals surface area contributed by atoms with Gasteiger partial charge in [-0.25, -0.2) is 0 Å². The minimum atomic E-state index is -0.404. The van der Waals surface area contributed by atoms with E-state index in [9.17, 15) is 10.1 Å². The molecule has 1 heterocycles. The van der Waals surface area contributed by atoms with Crippen LogP contribution in [0.1, 0.15) is 10.4 Å². The van der Waals surface area contributed by atoms with Crippen molar-refractivity contribution in [3.8, 4) is 11.1 Å². The van der Waals surface area contributed by atoms with Crippen LogP contribution >= 0.6 is 11.3 Å². The number of nitro groups is 1. The van der Waals surface area contributed by atoms with Gasteiger partial charge in [0, 0.05) is 22.6 Å². The highest BCUT2D eigenvalue weighted by atomic mass is 32.1. The molecule has 4 nitrogen and oxygen atoms in total. The van der Waals surface area contributed by atoms with E-state index >= 15 is 0 Å². The Balaban J connectivity index is 2.50. The molecule has 0 atom stereocenters. The van der Waals surface area contributed by atoms with Gasteiger partial charge in [-0.1, -0.05) is 0 Å². The summed E-state index contributed by atoms with van der Waals surface area (Å²) < 4.78 is 0. The maximum Gasteiger partial charge on any atom is 0.269 e. The van der Waals surface area contributed by atoms with Crippen LogP contribution in [0.4, 0.5) is 10.7 Å². The van der Waals surface area contributed by atoms with Crippen molar-refractivity contribution in [2.75, 3.05) is 5.73 Å². The quantitative estimate of drug-likeness (QED) is 0.653. The molecule has 0 radical (unpaired) electrons. The van der Waals surface area contributed by atoms with Crippen molar-refractivity contribution in [3.05, 3.63) is 44.8 Å². The first-order valence-electron chi connectivity index (χ1n) is 5.11. The van der Waals surface area contributed by atoms with E-state index in [-0.39, 0.29) is 5.69 Å². The van der Waals surface area contributed by atoms with E-state index < -0.39 is 4.92 Å². The number of nitro benzene ring substituents is 1. The van der Waals surface area contributed by atoms with E-state index in [2.05, 4.69) is 0 Å². The topological polar surface area (TPSA) is 69.2 Å². The minimum Gasteiger partial charge on any atom is -0.390 e. The molecule has 1 aromatic heterocycles. The van der Waals surface area contributed by atoms with Crippen molar-refractivity contribution < 1.29 is 4.92 Å². The highest BCUT2D eigenvalue weighted by Crippen LogP contribution is 2.38. The molecule has 0 saturated heterocycles. The van der Waals surface area contributed by atoms with E-state index in [1.54, 1.807) is 23.5 Å². The average molecular weight is 248 g/mol. The zero-order valence-corrected chi connectivity index (χ0v) is 10.4. The molecule has 0 aliphatic carbocycles. The lowest BCUT2D eigenvalue weighted by Crippen LogP contribution is -1.89. The number of non-ortho nitro benzene ring substituents is 1. The first-order chi connectivity index (χ1) is 8.00. The number of rotatable bonds is 2. The van der Waals surface area contributed by atoms with Crippen molar-refractivity contribution in [1.29, 1.82) is 0 Å². The van der Waals surface area contributed by atoms with Crippen LogP contribution in [0.5, 0.6) is 0 Å². The summed E-state index contributed by atoms with van der Waals surface area (Å²) in [5.74, 6) is 0. The third-order valence-corrected chi connectivity index (χ3v) is 3.82. The number of nitrogens with two attached hydrogens (primary N) is 1. The first kappa shape index (κ1) is 11.6. The van der Waals surface area contributed by atoms with Crippen LogP contribution < -0.4 is 5.73 Å². The van der Waals surface area contributed by atoms with Gasteiger partial charge in [0.1, 0.15) is 0 Å². The molecule has 0 fully saturated rings. The van der Waals surface area contributed by atoms with Crippen LogP contribution in [0.2, 0.25) is 0 Å². The molecule has 2 aromatic rings. The SMILES string of the molecule is Cc1sc(N)c(-c2ccc([N+](=O)[O-])cc2)c1C. The highest BCUT2D eigenvalue weighted by Gasteiger charge is 2.13. The Hall–Kier alpha value is -1.88. The third kappa shape index (κ3) is 2.01. The van der Waals surface area contributed by atoms with Gasteiger partial charge in [0.05, 0.1) is 9.92 Å². The summed E-state index contributed by atoms with van der Waals surface area (Å²) in [6.07, 6.45) is 0. The molecule has 0 unspecified atom stereocenters. The molecule has 0 bridgehead atoms. The standard InChI is InChI=1S/C12H12N2O2S/c1-7-8(2)17-12(13)11(7)9-3-5-10(6-4-9)14(15)16/h3-6H,13H2,1-2H3. The van der Waals surface area contributed by atoms with E-state index in [4.69, 9.17) is 5.73 Å². The van der Waals surface area contributed by atoms with Gasteiger partial charge in [0.2, 0.25) is 0 Å². The molecule has 0 aliphatic heterocycles. The normalized spacial score (nSPS) is 10.5. The molecule has 5 heteroatoms. The first-order valence-corrected chi connectivity index (χ1v) is 5.92. The molecular formula is C12H12N2O2S. The summed E-state index contributed by atoms with van der Waals surface area (Å²) in [7, 11) is 0. The lowest BCUT2D eigenvalue weighted by molar-refractivity contribution is -0.384. The summed E-state index contributed by atoms with van der Waals surface area (Å²) in [5, 5.41) is 11.3. The zero-order valence-electron chi connectivity index (χ0n) is 9.56. The number of benzene rings is 1. The van der Waals surface area contributed by atoms with Crippen molar-refractivity contribution in [2.24, 2.45) is 0 Å². The summed E-state index contributed by atoms with van der Waals surface area (Å²) in [5.41, 5.74) is 9.11. The van der Waals surface area contributed by atoms with Crippen LogP contribution in [-0.2, 0) is 0 Å². The van der Waals surface area contributed by atoms with Crippen LogP contribution in [-0.4, -0.2) is 4.92 Å². The molecule has 17 heavy (non-hydrogen) atoms. The van der Waals surface area contributed by atoms with Crippen LogP contribution in [0.25, 0.3) is 11.1 Å². The molecular weight excluding hydrogens is 236 g/mol. The molecule has 0 spiro atoms. The van der Waals surface area contributed by atoms with Gasteiger partial charge in [-0.15, -0.1) is 11.3 Å². The van der Waals surface area contributed by atoms with E-state index in [0.717, 1.165) is 21.7 Å². The lowest BCUT2D eigenvalue weighted by Gasteiger charge is -2.02. The fourth-order valence-corrected chi connectivity index (χ4v) is 2.72. The van der Waals surface area contributed by atoms with Crippen molar-refractivity contribution in [2.45, 2.75) is 13.8 Å². The van der Waals surface area contributed by atoms with Gasteiger partial charge in [-0.05, 0) is 37.1 Å². The number of nitrogens with zero attached hydrogens (tertiary/aromatic N) is 1. The second kappa shape index (κ2) is 4.18. The monoisotopic (exact) mass is 248 g/mol. The van der Waals surface area contributed by atoms with E-state index in [1.807, 2.05) is 13.8 Å². The Kier molecular flexibility index (Phi) is 2.85. The second-order valence-corrected chi connectivity index (χ2v) is 5.08. The van der Waals surface area contributed by atoms with Gasteiger partial charge < -0.3 is 5.73 Å². The van der Waals surface area contributed by atoms with Gasteiger partial charge in [-0.3, -0.25) is 10.1 Å². The molecule has 0 amide bonds. The van der Waals surface area contributed by atoms with Gasteiger partial charge in [0.15, 0.2) is 0 Å². The summed E-state index contributed by atoms with van der Waals surface area (Å²) in [4.78, 5) is 11.3. The van der Waals surface area contributed by atoms with Gasteiger partial charge in [-0.2, -0.15) is 0 Å². The number of anilines is 1. The molecule has 2 N–H and O–H groups in total. The number of hydrogen-bond acceptors (Lipinski definition) is 4. The molecule has 88 valence electrons. The van der Waals surface area contributed by atoms with Gasteiger partial charge >= 0.3 is 0 Å². The zero-order chi connectivity index (χ0) is 12.6. The fourth-order valence-electron chi connectivity index (χ4n) is 1.76. The minimum absolute atomic E-state index is 0.0944. The molecule has 2 rings (SSSR count). The van der Waals surface area contributed by atoms with Crippen molar-refractivity contribution in [1.82, 2.24) is 0 Å².